The monoisotopic (exact) mass is 650 g/mol. The number of phenolic OH excluding ortho intramolecular Hbond substituents is 1. The van der Waals surface area contributed by atoms with Crippen molar-refractivity contribution in [1.82, 2.24) is 0 Å². The first-order valence-corrected chi connectivity index (χ1v) is 13.8. The van der Waals surface area contributed by atoms with Crippen LogP contribution in [-0.4, -0.2) is 124 Å². The van der Waals surface area contributed by atoms with E-state index in [1.165, 1.54) is 62.8 Å². The number of ether oxygens (including phenoxy) is 7. The van der Waals surface area contributed by atoms with E-state index in [1.807, 2.05) is 0 Å². The van der Waals surface area contributed by atoms with Crippen LogP contribution in [0.4, 0.5) is 0 Å². The largest absolute Gasteiger partial charge is 0.504 e. The average molecular weight is 651 g/mol. The Morgan fingerprint density at radius 2 is 1.30 bits per heavy atom. The van der Waals surface area contributed by atoms with E-state index >= 15 is 0 Å². The minimum atomic E-state index is -1.66. The van der Waals surface area contributed by atoms with E-state index < -0.39 is 80.1 Å². The summed E-state index contributed by atoms with van der Waals surface area (Å²) in [5.74, 6) is -2.11. The van der Waals surface area contributed by atoms with Crippen LogP contribution in [0.2, 0.25) is 0 Å². The Morgan fingerprint density at radius 1 is 0.739 bits per heavy atom. The van der Waals surface area contributed by atoms with Crippen molar-refractivity contribution in [3.05, 3.63) is 59.4 Å². The third-order valence-electron chi connectivity index (χ3n) is 6.96. The molecule has 8 atom stereocenters. The number of methoxy groups -OCH3 is 2. The van der Waals surface area contributed by atoms with E-state index in [2.05, 4.69) is 0 Å². The van der Waals surface area contributed by atoms with Gasteiger partial charge in [0.1, 0.15) is 49.8 Å². The summed E-state index contributed by atoms with van der Waals surface area (Å²) in [6, 6.07) is 8.71. The molecule has 0 aromatic heterocycles. The van der Waals surface area contributed by atoms with Gasteiger partial charge in [0.25, 0.3) is 0 Å². The quantitative estimate of drug-likeness (QED) is 0.0811. The Balaban J connectivity index is 1.48. The first kappa shape index (κ1) is 34.6. The lowest BCUT2D eigenvalue weighted by Gasteiger charge is -2.17. The first-order chi connectivity index (χ1) is 21.9. The van der Waals surface area contributed by atoms with E-state index in [0.717, 1.165) is 6.08 Å². The van der Waals surface area contributed by atoms with Crippen LogP contribution in [0.1, 0.15) is 11.1 Å². The van der Waals surface area contributed by atoms with Gasteiger partial charge in [0.2, 0.25) is 5.76 Å². The maximum atomic E-state index is 13.1. The number of aliphatic hydroxyl groups is 6. The van der Waals surface area contributed by atoms with Crippen molar-refractivity contribution in [1.29, 1.82) is 0 Å². The number of hydrogen-bond donors (Lipinski definition) is 7. The molecule has 0 aliphatic carbocycles. The number of phenols is 1. The van der Waals surface area contributed by atoms with Gasteiger partial charge >= 0.3 is 11.9 Å². The summed E-state index contributed by atoms with van der Waals surface area (Å²) in [5.41, 5.74) is 0.756. The number of esters is 2. The van der Waals surface area contributed by atoms with Crippen LogP contribution < -0.4 is 14.2 Å². The highest BCUT2D eigenvalue weighted by atomic mass is 16.7. The van der Waals surface area contributed by atoms with Gasteiger partial charge in [0, 0.05) is 6.08 Å². The molecule has 2 aliphatic rings. The smallest absolute Gasteiger partial charge is 0.374 e. The van der Waals surface area contributed by atoms with E-state index in [-0.39, 0.29) is 23.0 Å². The molecule has 250 valence electrons. The Morgan fingerprint density at radius 3 is 1.85 bits per heavy atom. The molecular formula is C30H34O16. The first-order valence-electron chi connectivity index (χ1n) is 13.8. The molecule has 46 heavy (non-hydrogen) atoms. The van der Waals surface area contributed by atoms with Crippen molar-refractivity contribution in [2.75, 3.05) is 27.4 Å². The van der Waals surface area contributed by atoms with Crippen LogP contribution in [0.15, 0.2) is 48.2 Å². The number of carbonyl (C=O) groups excluding carboxylic acids is 2. The van der Waals surface area contributed by atoms with Gasteiger partial charge in [-0.1, -0.05) is 12.1 Å². The fourth-order valence-corrected chi connectivity index (χ4v) is 4.41. The van der Waals surface area contributed by atoms with Crippen LogP contribution >= 0.6 is 0 Å². The zero-order valence-electron chi connectivity index (χ0n) is 24.5. The van der Waals surface area contributed by atoms with Gasteiger partial charge in [-0.15, -0.1) is 0 Å². The predicted molar refractivity (Wildman–Crippen MR) is 153 cm³/mol. The Labute approximate surface area is 261 Å². The van der Waals surface area contributed by atoms with E-state index in [9.17, 15) is 45.3 Å². The summed E-state index contributed by atoms with van der Waals surface area (Å²) in [4.78, 5) is 25.3. The van der Waals surface area contributed by atoms with E-state index in [4.69, 9.17) is 33.2 Å². The van der Waals surface area contributed by atoms with Crippen LogP contribution in [0.3, 0.4) is 0 Å². The second kappa shape index (κ2) is 15.4. The molecule has 2 saturated heterocycles. The summed E-state index contributed by atoms with van der Waals surface area (Å²) < 4.78 is 36.4. The van der Waals surface area contributed by atoms with Gasteiger partial charge in [0.15, 0.2) is 35.6 Å². The highest BCUT2D eigenvalue weighted by molar-refractivity contribution is 5.92. The highest BCUT2D eigenvalue weighted by Gasteiger charge is 2.43. The summed E-state index contributed by atoms with van der Waals surface area (Å²) in [5, 5.41) is 68.3. The lowest BCUT2D eigenvalue weighted by atomic mass is 10.1. The second-order valence-corrected chi connectivity index (χ2v) is 10.1. The number of benzene rings is 2. The van der Waals surface area contributed by atoms with Gasteiger partial charge < -0.3 is 68.9 Å². The number of aromatic hydroxyl groups is 1. The van der Waals surface area contributed by atoms with Crippen molar-refractivity contribution in [3.63, 3.8) is 0 Å². The second-order valence-electron chi connectivity index (χ2n) is 10.1. The number of hydrogen-bond acceptors (Lipinski definition) is 16. The molecule has 2 aliphatic heterocycles. The SMILES string of the molecule is COc1ccc(C=C(Oc2ccc(C=CC(=O)OC[C@@H]3O[C@H](O)[C@H](O)[C@H]3O)cc2OC)C(=O)OC[C@@H]2O[C@@H](O)[C@H](O)[C@H]2O)cc1O. The molecule has 0 unspecified atom stereocenters. The Bertz CT molecular complexity index is 1440. The minimum absolute atomic E-state index is 0.0376. The summed E-state index contributed by atoms with van der Waals surface area (Å²) in [6.07, 6.45) is -7.94. The summed E-state index contributed by atoms with van der Waals surface area (Å²) in [6.45, 7) is -0.967. The molecular weight excluding hydrogens is 616 g/mol. The minimum Gasteiger partial charge on any atom is -0.504 e. The van der Waals surface area contributed by atoms with Gasteiger partial charge in [-0.2, -0.15) is 0 Å². The maximum Gasteiger partial charge on any atom is 0.374 e. The van der Waals surface area contributed by atoms with Gasteiger partial charge in [-0.25, -0.2) is 9.59 Å². The van der Waals surface area contributed by atoms with Crippen molar-refractivity contribution in [2.24, 2.45) is 0 Å². The molecule has 2 heterocycles. The average Bonchev–Trinajstić information content (AvgIpc) is 3.44. The standard InChI is InChI=1S/C30H34O16/c1-40-17-6-4-15(9-16(17)31)11-20(28(37)43-13-22-25(34)27(36)30(39)46-22)44-18-7-3-14(10-19(18)41-2)5-8-23(32)42-12-21-24(33)26(35)29(38)45-21/h3-11,21-22,24-27,29-31,33-36,38-39H,12-13H2,1-2H3/t21-,22-,24-,25-,26+,27+,29-,30+/m0/s1. The lowest BCUT2D eigenvalue weighted by Crippen LogP contribution is -2.35. The van der Waals surface area contributed by atoms with Crippen LogP contribution in [-0.2, 0) is 28.5 Å². The molecule has 2 aromatic carbocycles. The third kappa shape index (κ3) is 8.31. The molecule has 4 rings (SSSR count). The third-order valence-corrected chi connectivity index (χ3v) is 6.96. The predicted octanol–water partition coefficient (Wildman–Crippen LogP) is -1.19. The lowest BCUT2D eigenvalue weighted by molar-refractivity contribution is -0.155. The topological polar surface area (TPSA) is 240 Å². The number of rotatable bonds is 12. The van der Waals surface area contributed by atoms with Gasteiger partial charge in [-0.05, 0) is 47.5 Å². The van der Waals surface area contributed by atoms with Gasteiger partial charge in [-0.3, -0.25) is 0 Å². The molecule has 7 N–H and O–H groups in total. The Kier molecular flexibility index (Phi) is 11.5. The van der Waals surface area contributed by atoms with Crippen LogP contribution in [0, 0.1) is 0 Å². The van der Waals surface area contributed by atoms with Crippen molar-refractivity contribution in [3.8, 4) is 23.0 Å². The molecule has 16 heteroatoms. The molecule has 2 aromatic rings. The van der Waals surface area contributed by atoms with Crippen LogP contribution in [0.5, 0.6) is 23.0 Å². The Hall–Kier alpha value is -4.26. The summed E-state index contributed by atoms with van der Waals surface area (Å²) >= 11 is 0. The number of carbonyl (C=O) groups is 2. The summed E-state index contributed by atoms with van der Waals surface area (Å²) in [7, 11) is 2.70. The molecule has 0 saturated carbocycles. The number of aliphatic hydroxyl groups excluding tert-OH is 6. The molecule has 2 fully saturated rings. The molecule has 0 amide bonds. The maximum absolute atomic E-state index is 13.1. The molecule has 0 spiro atoms. The normalized spacial score (nSPS) is 27.9. The fourth-order valence-electron chi connectivity index (χ4n) is 4.41. The van der Waals surface area contributed by atoms with Crippen molar-refractivity contribution >= 4 is 24.1 Å². The zero-order valence-corrected chi connectivity index (χ0v) is 24.5. The van der Waals surface area contributed by atoms with E-state index in [0.29, 0.717) is 11.1 Å². The van der Waals surface area contributed by atoms with Crippen molar-refractivity contribution in [2.45, 2.75) is 49.2 Å². The molecule has 0 radical (unpaired) electrons. The zero-order chi connectivity index (χ0) is 33.5. The fraction of sp³-hybridized carbons (Fsp3) is 0.400. The van der Waals surface area contributed by atoms with Gasteiger partial charge in [0.05, 0.1) is 14.2 Å². The van der Waals surface area contributed by atoms with Crippen molar-refractivity contribution < 1.29 is 78.5 Å². The molecule has 0 bridgehead atoms. The highest BCUT2D eigenvalue weighted by Crippen LogP contribution is 2.32. The van der Waals surface area contributed by atoms with Crippen LogP contribution in [0.25, 0.3) is 12.2 Å². The molecule has 16 nitrogen and oxygen atoms in total. The van der Waals surface area contributed by atoms with E-state index in [1.54, 1.807) is 0 Å².